The average Bonchev–Trinajstić information content (AvgIpc) is 2.91. The highest BCUT2D eigenvalue weighted by atomic mass is 35.5. The Balaban J connectivity index is 1.63. The van der Waals surface area contributed by atoms with E-state index in [-0.39, 0.29) is 17.9 Å². The number of hydrogen-bond acceptors (Lipinski definition) is 5. The molecule has 0 bridgehead atoms. The molecule has 2 aliphatic rings. The molecule has 1 atom stereocenters. The Morgan fingerprint density at radius 3 is 2.75 bits per heavy atom. The minimum absolute atomic E-state index is 0.0827. The minimum Gasteiger partial charge on any atom is -0.496 e. The third-order valence-electron chi connectivity index (χ3n) is 5.48. The van der Waals surface area contributed by atoms with Gasteiger partial charge in [0.25, 0.3) is 5.91 Å². The van der Waals surface area contributed by atoms with Gasteiger partial charge in [-0.05, 0) is 31.0 Å². The standard InChI is InChI=1S/C20H28ClN3O4/c1-27-13-12-24-9-6-17(20(24)26)22-7-3-8-23(11-10-22)19(25)16-14-15(21)4-5-18(16)28-2/h4-5,14,17H,3,6-13H2,1-2H3. The molecule has 0 saturated carbocycles. The van der Waals surface area contributed by atoms with Crippen LogP contribution in [0.4, 0.5) is 0 Å². The van der Waals surface area contributed by atoms with Crippen LogP contribution in [-0.4, -0.2) is 92.7 Å². The van der Waals surface area contributed by atoms with Gasteiger partial charge in [0.2, 0.25) is 5.91 Å². The Bertz CT molecular complexity index is 715. The van der Waals surface area contributed by atoms with Gasteiger partial charge < -0.3 is 19.3 Å². The van der Waals surface area contributed by atoms with Crippen molar-refractivity contribution in [3.8, 4) is 5.75 Å². The monoisotopic (exact) mass is 409 g/mol. The molecule has 1 unspecified atom stereocenters. The van der Waals surface area contributed by atoms with Crippen molar-refractivity contribution in [2.75, 3.05) is 60.1 Å². The number of halogens is 1. The lowest BCUT2D eigenvalue weighted by molar-refractivity contribution is -0.132. The molecule has 0 spiro atoms. The maximum absolute atomic E-state index is 13.0. The van der Waals surface area contributed by atoms with Gasteiger partial charge in [0.05, 0.1) is 25.3 Å². The van der Waals surface area contributed by atoms with Crippen molar-refractivity contribution in [3.63, 3.8) is 0 Å². The molecule has 2 heterocycles. The van der Waals surface area contributed by atoms with Crippen LogP contribution in [0, 0.1) is 0 Å². The topological polar surface area (TPSA) is 62.3 Å². The van der Waals surface area contributed by atoms with Crippen molar-refractivity contribution in [1.29, 1.82) is 0 Å². The molecule has 1 aromatic rings. The van der Waals surface area contributed by atoms with E-state index in [1.54, 1.807) is 32.4 Å². The van der Waals surface area contributed by atoms with Crippen molar-refractivity contribution in [1.82, 2.24) is 14.7 Å². The molecule has 8 heteroatoms. The number of hydrogen-bond donors (Lipinski definition) is 0. The largest absolute Gasteiger partial charge is 0.496 e. The number of carbonyl (C=O) groups is 2. The predicted octanol–water partition coefficient (Wildman–Crippen LogP) is 1.74. The zero-order chi connectivity index (χ0) is 20.1. The van der Waals surface area contributed by atoms with Gasteiger partial charge >= 0.3 is 0 Å². The molecule has 28 heavy (non-hydrogen) atoms. The van der Waals surface area contributed by atoms with Crippen molar-refractivity contribution in [2.24, 2.45) is 0 Å². The third kappa shape index (κ3) is 4.59. The van der Waals surface area contributed by atoms with Crippen LogP contribution < -0.4 is 4.74 Å². The number of likely N-dealkylation sites (tertiary alicyclic amines) is 1. The fraction of sp³-hybridized carbons (Fsp3) is 0.600. The summed E-state index contributed by atoms with van der Waals surface area (Å²) in [5.41, 5.74) is 0.478. The van der Waals surface area contributed by atoms with Crippen molar-refractivity contribution in [3.05, 3.63) is 28.8 Å². The first-order chi connectivity index (χ1) is 13.5. The lowest BCUT2D eigenvalue weighted by atomic mass is 10.1. The summed E-state index contributed by atoms with van der Waals surface area (Å²) in [6.45, 7) is 4.69. The summed E-state index contributed by atoms with van der Waals surface area (Å²) in [7, 11) is 3.19. The van der Waals surface area contributed by atoms with Gasteiger partial charge in [-0.3, -0.25) is 14.5 Å². The van der Waals surface area contributed by atoms with Gasteiger partial charge in [-0.15, -0.1) is 0 Å². The normalized spacial score (nSPS) is 21.1. The zero-order valence-electron chi connectivity index (χ0n) is 16.5. The Kier molecular flexibility index (Phi) is 7.15. The van der Waals surface area contributed by atoms with E-state index in [9.17, 15) is 9.59 Å². The Hall–Kier alpha value is -1.83. The highest BCUT2D eigenvalue weighted by Gasteiger charge is 2.36. The number of ether oxygens (including phenoxy) is 2. The maximum Gasteiger partial charge on any atom is 0.257 e. The molecular weight excluding hydrogens is 382 g/mol. The molecule has 2 fully saturated rings. The zero-order valence-corrected chi connectivity index (χ0v) is 17.3. The van der Waals surface area contributed by atoms with Crippen LogP contribution in [0.1, 0.15) is 23.2 Å². The van der Waals surface area contributed by atoms with Crippen LogP contribution in [0.25, 0.3) is 0 Å². The summed E-state index contributed by atoms with van der Waals surface area (Å²) in [5.74, 6) is 0.615. The van der Waals surface area contributed by atoms with Gasteiger partial charge in [0, 0.05) is 51.4 Å². The summed E-state index contributed by atoms with van der Waals surface area (Å²) in [4.78, 5) is 31.6. The Labute approximate surface area is 171 Å². The van der Waals surface area contributed by atoms with Crippen molar-refractivity contribution in [2.45, 2.75) is 18.9 Å². The second-order valence-corrected chi connectivity index (χ2v) is 7.59. The fourth-order valence-corrected chi connectivity index (χ4v) is 4.13. The SMILES string of the molecule is COCCN1CCC(N2CCCN(C(=O)c3cc(Cl)ccc3OC)CC2)C1=O. The number of nitrogens with zero attached hydrogens (tertiary/aromatic N) is 3. The molecule has 2 amide bonds. The third-order valence-corrected chi connectivity index (χ3v) is 5.72. The van der Waals surface area contributed by atoms with Gasteiger partial charge in [0.15, 0.2) is 0 Å². The van der Waals surface area contributed by atoms with Crippen LogP contribution >= 0.6 is 11.6 Å². The molecule has 0 aliphatic carbocycles. The maximum atomic E-state index is 13.0. The molecule has 2 saturated heterocycles. The summed E-state index contributed by atoms with van der Waals surface area (Å²) < 4.78 is 10.4. The number of amides is 2. The number of methoxy groups -OCH3 is 2. The first-order valence-electron chi connectivity index (χ1n) is 9.69. The van der Waals surface area contributed by atoms with Gasteiger partial charge in [-0.2, -0.15) is 0 Å². The van der Waals surface area contributed by atoms with Crippen LogP contribution in [0.5, 0.6) is 5.75 Å². The second-order valence-electron chi connectivity index (χ2n) is 7.15. The quantitative estimate of drug-likeness (QED) is 0.716. The van der Waals surface area contributed by atoms with Crippen molar-refractivity contribution < 1.29 is 19.1 Å². The van der Waals surface area contributed by atoms with E-state index in [1.807, 2.05) is 9.80 Å². The first-order valence-corrected chi connectivity index (χ1v) is 10.1. The average molecular weight is 410 g/mol. The van der Waals surface area contributed by atoms with E-state index in [0.717, 1.165) is 25.9 Å². The van der Waals surface area contributed by atoms with Crippen LogP contribution in [0.2, 0.25) is 5.02 Å². The molecule has 7 nitrogen and oxygen atoms in total. The second kappa shape index (κ2) is 9.58. The van der Waals surface area contributed by atoms with Crippen LogP contribution in [-0.2, 0) is 9.53 Å². The van der Waals surface area contributed by atoms with Crippen molar-refractivity contribution >= 4 is 23.4 Å². The van der Waals surface area contributed by atoms with E-state index in [0.29, 0.717) is 49.1 Å². The molecular formula is C20H28ClN3O4. The summed E-state index contributed by atoms with van der Waals surface area (Å²) >= 11 is 6.08. The van der Waals surface area contributed by atoms with Crippen LogP contribution in [0.3, 0.4) is 0 Å². The number of benzene rings is 1. The molecule has 0 N–H and O–H groups in total. The molecule has 2 aliphatic heterocycles. The lowest BCUT2D eigenvalue weighted by Gasteiger charge is -2.26. The minimum atomic E-state index is -0.0902. The Morgan fingerprint density at radius 2 is 2.00 bits per heavy atom. The molecule has 1 aromatic carbocycles. The van der Waals surface area contributed by atoms with E-state index in [1.165, 1.54) is 0 Å². The van der Waals surface area contributed by atoms with Gasteiger partial charge in [0.1, 0.15) is 5.75 Å². The van der Waals surface area contributed by atoms with Crippen LogP contribution in [0.15, 0.2) is 18.2 Å². The molecule has 3 rings (SSSR count). The van der Waals surface area contributed by atoms with E-state index < -0.39 is 0 Å². The summed E-state index contributed by atoms with van der Waals surface area (Å²) in [6.07, 6.45) is 1.66. The fourth-order valence-electron chi connectivity index (χ4n) is 3.95. The summed E-state index contributed by atoms with van der Waals surface area (Å²) in [6, 6.07) is 4.99. The lowest BCUT2D eigenvalue weighted by Crippen LogP contribution is -2.44. The van der Waals surface area contributed by atoms with E-state index >= 15 is 0 Å². The van der Waals surface area contributed by atoms with Gasteiger partial charge in [-0.1, -0.05) is 11.6 Å². The number of rotatable bonds is 6. The first kappa shape index (κ1) is 20.9. The molecule has 0 aromatic heterocycles. The van der Waals surface area contributed by atoms with E-state index in [4.69, 9.17) is 21.1 Å². The number of carbonyl (C=O) groups excluding carboxylic acids is 2. The smallest absolute Gasteiger partial charge is 0.257 e. The summed E-state index contributed by atoms with van der Waals surface area (Å²) in [5, 5.41) is 0.508. The Morgan fingerprint density at radius 1 is 1.18 bits per heavy atom. The highest BCUT2D eigenvalue weighted by molar-refractivity contribution is 6.31. The molecule has 154 valence electrons. The van der Waals surface area contributed by atoms with Gasteiger partial charge in [-0.25, -0.2) is 0 Å². The highest BCUT2D eigenvalue weighted by Crippen LogP contribution is 2.25. The predicted molar refractivity (Wildman–Crippen MR) is 107 cm³/mol. The van der Waals surface area contributed by atoms with E-state index in [2.05, 4.69) is 4.90 Å². The molecule has 0 radical (unpaired) electrons.